The molecule has 2 aromatic rings. The number of aryl methyl sites for hydroxylation is 1. The molecule has 4 N–H and O–H groups in total. The Balaban J connectivity index is 1.76. The quantitative estimate of drug-likeness (QED) is 0.391. The van der Waals surface area contributed by atoms with Crippen molar-refractivity contribution < 1.29 is 19.4 Å². The molecule has 9 heteroatoms. The molecule has 0 bridgehead atoms. The molecule has 1 saturated heterocycles. The van der Waals surface area contributed by atoms with E-state index in [1.165, 1.54) is 0 Å². The van der Waals surface area contributed by atoms with Crippen molar-refractivity contribution in [2.45, 2.75) is 39.2 Å². The van der Waals surface area contributed by atoms with E-state index >= 15 is 0 Å². The molecule has 1 aliphatic heterocycles. The number of aromatic nitrogens is 1. The van der Waals surface area contributed by atoms with E-state index in [1.807, 2.05) is 13.8 Å². The maximum atomic E-state index is 12.7. The smallest absolute Gasteiger partial charge is 0.339 e. The molecule has 162 valence electrons. The Morgan fingerprint density at radius 1 is 1.37 bits per heavy atom. The highest BCUT2D eigenvalue weighted by atomic mass is 127. The maximum Gasteiger partial charge on any atom is 0.339 e. The standard InChI is InChI=1S/C21H27IN4O4/c1-12-16(20(28)29)18(23)17-14(24-12)5-4-6-15(17)30-11-21(2,3)25-19(27)13-7-9-26(22)10-8-13/h4-6,13H,7-11H2,1-3H3,(H2,23,24)(H,25,27)(H,28,29). The number of carbonyl (C=O) groups is 2. The lowest BCUT2D eigenvalue weighted by atomic mass is 9.95. The predicted molar refractivity (Wildman–Crippen MR) is 124 cm³/mol. The number of halogens is 1. The molecule has 0 unspecified atom stereocenters. The second-order valence-corrected chi connectivity index (χ2v) is 9.65. The SMILES string of the molecule is Cc1nc2cccc(OCC(C)(C)NC(=O)C3CCN(I)CC3)c2c(N)c1C(=O)O. The summed E-state index contributed by atoms with van der Waals surface area (Å²) in [6.45, 7) is 7.44. The number of hydrogen-bond donors (Lipinski definition) is 3. The van der Waals surface area contributed by atoms with E-state index in [4.69, 9.17) is 10.5 Å². The fraction of sp³-hybridized carbons (Fsp3) is 0.476. The second-order valence-electron chi connectivity index (χ2n) is 8.29. The number of benzene rings is 1. The van der Waals surface area contributed by atoms with Crippen LogP contribution in [0, 0.1) is 12.8 Å². The first-order chi connectivity index (χ1) is 14.1. The van der Waals surface area contributed by atoms with Crippen LogP contribution in [0.5, 0.6) is 5.75 Å². The van der Waals surface area contributed by atoms with Crippen molar-refractivity contribution in [3.05, 3.63) is 29.5 Å². The molecule has 1 aromatic carbocycles. The molecule has 1 amide bonds. The second kappa shape index (κ2) is 8.93. The zero-order chi connectivity index (χ0) is 22.1. The van der Waals surface area contributed by atoms with Crippen molar-refractivity contribution in [3.8, 4) is 5.75 Å². The lowest BCUT2D eigenvalue weighted by Gasteiger charge is -2.32. The third-order valence-corrected chi connectivity index (χ3v) is 6.23. The van der Waals surface area contributed by atoms with Crippen LogP contribution in [0.25, 0.3) is 10.9 Å². The van der Waals surface area contributed by atoms with E-state index in [-0.39, 0.29) is 29.7 Å². The number of nitrogen functional groups attached to an aromatic ring is 1. The number of pyridine rings is 1. The number of ether oxygens (including phenoxy) is 1. The Kier molecular flexibility index (Phi) is 6.71. The van der Waals surface area contributed by atoms with Crippen LogP contribution in [0.2, 0.25) is 0 Å². The summed E-state index contributed by atoms with van der Waals surface area (Å²) in [5, 5.41) is 13.0. The monoisotopic (exact) mass is 526 g/mol. The van der Waals surface area contributed by atoms with Gasteiger partial charge in [-0.3, -0.25) is 9.78 Å². The number of hydrogen-bond acceptors (Lipinski definition) is 6. The normalized spacial score (nSPS) is 15.9. The Morgan fingerprint density at radius 3 is 2.67 bits per heavy atom. The van der Waals surface area contributed by atoms with E-state index in [0.29, 0.717) is 22.3 Å². The van der Waals surface area contributed by atoms with Crippen LogP contribution in [0.15, 0.2) is 18.2 Å². The summed E-state index contributed by atoms with van der Waals surface area (Å²) in [7, 11) is 0. The number of nitrogens with one attached hydrogen (secondary N) is 1. The number of amides is 1. The van der Waals surface area contributed by atoms with Gasteiger partial charge in [0.2, 0.25) is 5.91 Å². The Labute approximate surface area is 189 Å². The average molecular weight is 526 g/mol. The van der Waals surface area contributed by atoms with Gasteiger partial charge in [-0.05, 0) is 45.7 Å². The van der Waals surface area contributed by atoms with Crippen LogP contribution >= 0.6 is 22.9 Å². The highest BCUT2D eigenvalue weighted by Gasteiger charge is 2.29. The third kappa shape index (κ3) is 4.94. The van der Waals surface area contributed by atoms with E-state index in [0.717, 1.165) is 25.9 Å². The minimum atomic E-state index is -1.13. The Bertz CT molecular complexity index is 971. The number of carboxylic acid groups (broad SMARTS) is 1. The number of fused-ring (bicyclic) bond motifs is 1. The highest BCUT2D eigenvalue weighted by Crippen LogP contribution is 2.33. The predicted octanol–water partition coefficient (Wildman–Crippen LogP) is 3.16. The molecule has 0 saturated carbocycles. The number of rotatable bonds is 6. The van der Waals surface area contributed by atoms with Crippen LogP contribution in [-0.4, -0.2) is 50.3 Å². The molecule has 0 aliphatic carbocycles. The van der Waals surface area contributed by atoms with Gasteiger partial charge in [0.25, 0.3) is 0 Å². The fourth-order valence-electron chi connectivity index (χ4n) is 3.67. The molecular formula is C21H27IN4O4. The zero-order valence-electron chi connectivity index (χ0n) is 17.4. The molecular weight excluding hydrogens is 499 g/mol. The zero-order valence-corrected chi connectivity index (χ0v) is 19.5. The number of nitrogens with zero attached hydrogens (tertiary/aromatic N) is 2. The Morgan fingerprint density at radius 2 is 2.03 bits per heavy atom. The molecule has 8 nitrogen and oxygen atoms in total. The van der Waals surface area contributed by atoms with Crippen molar-refractivity contribution in [2.24, 2.45) is 5.92 Å². The molecule has 3 rings (SSSR count). The summed E-state index contributed by atoms with van der Waals surface area (Å²) < 4.78 is 8.20. The summed E-state index contributed by atoms with van der Waals surface area (Å²) in [4.78, 5) is 28.6. The van der Waals surface area contributed by atoms with Crippen LogP contribution < -0.4 is 15.8 Å². The minimum absolute atomic E-state index is 0.00814. The number of nitrogens with two attached hydrogens (primary N) is 1. The lowest BCUT2D eigenvalue weighted by molar-refractivity contribution is -0.128. The lowest BCUT2D eigenvalue weighted by Crippen LogP contribution is -2.51. The first kappa shape index (κ1) is 22.5. The van der Waals surface area contributed by atoms with Gasteiger partial charge in [-0.25, -0.2) is 7.91 Å². The van der Waals surface area contributed by atoms with Gasteiger partial charge in [0, 0.05) is 41.9 Å². The van der Waals surface area contributed by atoms with Crippen molar-refractivity contribution >= 4 is 51.3 Å². The van der Waals surface area contributed by atoms with Gasteiger partial charge in [0.15, 0.2) is 0 Å². The molecule has 0 radical (unpaired) electrons. The summed E-state index contributed by atoms with van der Waals surface area (Å²) >= 11 is 2.29. The van der Waals surface area contributed by atoms with Crippen molar-refractivity contribution in [3.63, 3.8) is 0 Å². The molecule has 2 heterocycles. The van der Waals surface area contributed by atoms with Crippen molar-refractivity contribution in [2.75, 3.05) is 25.4 Å². The van der Waals surface area contributed by atoms with E-state index in [9.17, 15) is 14.7 Å². The first-order valence-electron chi connectivity index (χ1n) is 9.86. The maximum absolute atomic E-state index is 12.7. The van der Waals surface area contributed by atoms with Gasteiger partial charge in [0.05, 0.1) is 27.8 Å². The number of carbonyl (C=O) groups excluding carboxylic acids is 1. The average Bonchev–Trinajstić information content (AvgIpc) is 2.66. The van der Waals surface area contributed by atoms with Crippen LogP contribution in [0.4, 0.5) is 5.69 Å². The summed E-state index contributed by atoms with van der Waals surface area (Å²) in [5.74, 6) is -0.635. The van der Waals surface area contributed by atoms with Crippen molar-refractivity contribution in [1.82, 2.24) is 13.4 Å². The number of aromatic carboxylic acids is 1. The van der Waals surface area contributed by atoms with E-state index in [2.05, 4.69) is 36.3 Å². The van der Waals surface area contributed by atoms with Gasteiger partial charge in [-0.2, -0.15) is 0 Å². The summed E-state index contributed by atoms with van der Waals surface area (Å²) in [6, 6.07) is 5.28. The topological polar surface area (TPSA) is 118 Å². The first-order valence-corrected chi connectivity index (χ1v) is 10.8. The molecule has 1 fully saturated rings. The largest absolute Gasteiger partial charge is 0.490 e. The molecule has 1 aliphatic rings. The molecule has 30 heavy (non-hydrogen) atoms. The molecule has 0 spiro atoms. The van der Waals surface area contributed by atoms with Crippen LogP contribution in [0.3, 0.4) is 0 Å². The van der Waals surface area contributed by atoms with Gasteiger partial charge in [-0.1, -0.05) is 6.07 Å². The van der Waals surface area contributed by atoms with Crippen LogP contribution in [0.1, 0.15) is 42.7 Å². The number of piperidine rings is 1. The van der Waals surface area contributed by atoms with Gasteiger partial charge in [-0.15, -0.1) is 0 Å². The summed E-state index contributed by atoms with van der Waals surface area (Å²) in [6.07, 6.45) is 1.68. The minimum Gasteiger partial charge on any atom is -0.490 e. The van der Waals surface area contributed by atoms with Gasteiger partial charge in [0.1, 0.15) is 17.9 Å². The van der Waals surface area contributed by atoms with Crippen molar-refractivity contribution in [1.29, 1.82) is 0 Å². The number of carboxylic acids is 1. The van der Waals surface area contributed by atoms with E-state index in [1.54, 1.807) is 25.1 Å². The highest BCUT2D eigenvalue weighted by molar-refractivity contribution is 14.1. The third-order valence-electron chi connectivity index (χ3n) is 5.27. The molecule has 1 aromatic heterocycles. The van der Waals surface area contributed by atoms with E-state index < -0.39 is 11.5 Å². The van der Waals surface area contributed by atoms with Crippen LogP contribution in [-0.2, 0) is 4.79 Å². The Hall–Kier alpha value is -2.14. The van der Waals surface area contributed by atoms with Gasteiger partial charge < -0.3 is 20.9 Å². The molecule has 0 atom stereocenters. The number of anilines is 1. The summed E-state index contributed by atoms with van der Waals surface area (Å²) in [5.41, 5.74) is 6.60. The van der Waals surface area contributed by atoms with Gasteiger partial charge >= 0.3 is 5.97 Å². The fourth-order valence-corrected chi connectivity index (χ4v) is 4.23.